The van der Waals surface area contributed by atoms with Crippen LogP contribution in [0.15, 0.2) is 30.8 Å². The van der Waals surface area contributed by atoms with Gasteiger partial charge in [0.1, 0.15) is 6.79 Å². The van der Waals surface area contributed by atoms with Crippen LogP contribution >= 0.6 is 0 Å². The maximum absolute atomic E-state index is 5.68. The molecule has 3 nitrogen and oxygen atoms in total. The first-order chi connectivity index (χ1) is 8.88. The van der Waals surface area contributed by atoms with E-state index >= 15 is 0 Å². The van der Waals surface area contributed by atoms with E-state index < -0.39 is 0 Å². The van der Waals surface area contributed by atoms with Crippen molar-refractivity contribution in [2.45, 2.75) is 25.6 Å². The van der Waals surface area contributed by atoms with Crippen LogP contribution in [0.5, 0.6) is 0 Å². The molecule has 1 aromatic carbocycles. The van der Waals surface area contributed by atoms with Gasteiger partial charge in [-0.05, 0) is 24.0 Å². The molecule has 0 N–H and O–H groups in total. The molecule has 1 heterocycles. The average Bonchev–Trinajstić information content (AvgIpc) is 2.68. The molecule has 3 heteroatoms. The van der Waals surface area contributed by atoms with Gasteiger partial charge in [0, 0.05) is 6.61 Å². The van der Waals surface area contributed by atoms with Crippen LogP contribution in [-0.2, 0) is 20.8 Å². The van der Waals surface area contributed by atoms with Crippen molar-refractivity contribution in [1.29, 1.82) is 0 Å². The monoisotopic (exact) mass is 248 g/mol. The quantitative estimate of drug-likeness (QED) is 0.801. The minimum absolute atomic E-state index is 0.167. The van der Waals surface area contributed by atoms with Crippen LogP contribution in [0.4, 0.5) is 0 Å². The summed E-state index contributed by atoms with van der Waals surface area (Å²) in [5.41, 5.74) is 2.30. The SMILES string of the molecule is C=Cc1ccc(COCC2CCCOCO2)cc1. The Hall–Kier alpha value is -1.16. The lowest BCUT2D eigenvalue weighted by Gasteiger charge is -2.14. The second-order valence-electron chi connectivity index (χ2n) is 4.42. The first-order valence-electron chi connectivity index (χ1n) is 6.37. The lowest BCUT2D eigenvalue weighted by atomic mass is 10.1. The summed E-state index contributed by atoms with van der Waals surface area (Å²) in [4.78, 5) is 0. The molecule has 0 aliphatic carbocycles. The third kappa shape index (κ3) is 4.26. The smallest absolute Gasteiger partial charge is 0.147 e. The Labute approximate surface area is 108 Å². The van der Waals surface area contributed by atoms with Gasteiger partial charge in [-0.25, -0.2) is 0 Å². The Morgan fingerprint density at radius 2 is 2.17 bits per heavy atom. The summed E-state index contributed by atoms with van der Waals surface area (Å²) in [7, 11) is 0. The summed E-state index contributed by atoms with van der Waals surface area (Å²) < 4.78 is 16.4. The highest BCUT2D eigenvalue weighted by Crippen LogP contribution is 2.10. The number of ether oxygens (including phenoxy) is 3. The van der Waals surface area contributed by atoms with Gasteiger partial charge in [-0.2, -0.15) is 0 Å². The van der Waals surface area contributed by atoms with E-state index in [0.717, 1.165) is 25.0 Å². The van der Waals surface area contributed by atoms with E-state index in [2.05, 4.69) is 18.7 Å². The third-order valence-corrected chi connectivity index (χ3v) is 2.99. The lowest BCUT2D eigenvalue weighted by molar-refractivity contribution is -0.0922. The number of benzene rings is 1. The topological polar surface area (TPSA) is 27.7 Å². The maximum Gasteiger partial charge on any atom is 0.147 e. The fourth-order valence-electron chi connectivity index (χ4n) is 1.89. The van der Waals surface area contributed by atoms with Crippen molar-refractivity contribution >= 4 is 6.08 Å². The Kier molecular flexibility index (Phi) is 5.39. The van der Waals surface area contributed by atoms with E-state index in [0.29, 0.717) is 20.0 Å². The zero-order chi connectivity index (χ0) is 12.6. The number of rotatable bonds is 5. The Morgan fingerprint density at radius 1 is 1.33 bits per heavy atom. The first-order valence-corrected chi connectivity index (χ1v) is 6.37. The van der Waals surface area contributed by atoms with E-state index in [-0.39, 0.29) is 6.10 Å². The fourth-order valence-corrected chi connectivity index (χ4v) is 1.89. The van der Waals surface area contributed by atoms with Crippen LogP contribution in [0.1, 0.15) is 24.0 Å². The fraction of sp³-hybridized carbons (Fsp3) is 0.467. The second kappa shape index (κ2) is 7.31. The molecule has 98 valence electrons. The highest BCUT2D eigenvalue weighted by molar-refractivity contribution is 5.47. The third-order valence-electron chi connectivity index (χ3n) is 2.99. The molecule has 1 fully saturated rings. The molecular weight excluding hydrogens is 228 g/mol. The standard InChI is InChI=1S/C15H20O3/c1-2-13-5-7-14(8-6-13)10-17-11-15-4-3-9-16-12-18-15/h2,5-8,15H,1,3-4,9-12H2. The lowest BCUT2D eigenvalue weighted by Crippen LogP contribution is -2.19. The molecule has 1 unspecified atom stereocenters. The molecule has 2 rings (SSSR count). The summed E-state index contributed by atoms with van der Waals surface area (Å²) in [6.45, 7) is 6.17. The van der Waals surface area contributed by atoms with Crippen LogP contribution in [0.25, 0.3) is 6.08 Å². The minimum atomic E-state index is 0.167. The summed E-state index contributed by atoms with van der Waals surface area (Å²) in [5.74, 6) is 0. The van der Waals surface area contributed by atoms with Crippen molar-refractivity contribution in [2.75, 3.05) is 20.0 Å². The first kappa shape index (κ1) is 13.3. The molecule has 1 saturated heterocycles. The summed E-state index contributed by atoms with van der Waals surface area (Å²) >= 11 is 0. The van der Waals surface area contributed by atoms with E-state index in [4.69, 9.17) is 14.2 Å². The van der Waals surface area contributed by atoms with Gasteiger partial charge in [-0.15, -0.1) is 0 Å². The number of hydrogen-bond acceptors (Lipinski definition) is 3. The maximum atomic E-state index is 5.68. The Balaban J connectivity index is 1.71. The molecule has 1 atom stereocenters. The van der Waals surface area contributed by atoms with Gasteiger partial charge in [-0.1, -0.05) is 36.9 Å². The van der Waals surface area contributed by atoms with Crippen LogP contribution in [0.3, 0.4) is 0 Å². The molecule has 0 radical (unpaired) electrons. The zero-order valence-corrected chi connectivity index (χ0v) is 10.6. The Bertz CT molecular complexity index is 351. The highest BCUT2D eigenvalue weighted by atomic mass is 16.7. The van der Waals surface area contributed by atoms with Crippen molar-refractivity contribution in [2.24, 2.45) is 0 Å². The van der Waals surface area contributed by atoms with Gasteiger partial charge in [-0.3, -0.25) is 0 Å². The van der Waals surface area contributed by atoms with Crippen molar-refractivity contribution in [3.63, 3.8) is 0 Å². The van der Waals surface area contributed by atoms with E-state index in [1.165, 1.54) is 5.56 Å². The van der Waals surface area contributed by atoms with Crippen LogP contribution in [0, 0.1) is 0 Å². The van der Waals surface area contributed by atoms with Gasteiger partial charge in [0.15, 0.2) is 0 Å². The molecule has 18 heavy (non-hydrogen) atoms. The largest absolute Gasteiger partial charge is 0.374 e. The van der Waals surface area contributed by atoms with Crippen molar-refractivity contribution in [3.05, 3.63) is 42.0 Å². The minimum Gasteiger partial charge on any atom is -0.374 e. The van der Waals surface area contributed by atoms with Crippen molar-refractivity contribution in [3.8, 4) is 0 Å². The van der Waals surface area contributed by atoms with E-state index in [1.54, 1.807) is 0 Å². The van der Waals surface area contributed by atoms with Gasteiger partial charge in [0.25, 0.3) is 0 Å². The number of hydrogen-bond donors (Lipinski definition) is 0. The van der Waals surface area contributed by atoms with E-state index in [1.807, 2.05) is 18.2 Å². The van der Waals surface area contributed by atoms with Crippen LogP contribution < -0.4 is 0 Å². The molecule has 0 aromatic heterocycles. The Morgan fingerprint density at radius 3 is 2.94 bits per heavy atom. The zero-order valence-electron chi connectivity index (χ0n) is 10.6. The van der Waals surface area contributed by atoms with Crippen LogP contribution in [0.2, 0.25) is 0 Å². The molecule has 0 spiro atoms. The molecule has 0 saturated carbocycles. The molecular formula is C15H20O3. The van der Waals surface area contributed by atoms with Gasteiger partial charge < -0.3 is 14.2 Å². The second-order valence-corrected chi connectivity index (χ2v) is 4.42. The highest BCUT2D eigenvalue weighted by Gasteiger charge is 2.12. The summed E-state index contributed by atoms with van der Waals surface area (Å²) in [5, 5.41) is 0. The molecule has 1 aliphatic heterocycles. The van der Waals surface area contributed by atoms with Gasteiger partial charge >= 0.3 is 0 Å². The van der Waals surface area contributed by atoms with Gasteiger partial charge in [0.05, 0.1) is 19.3 Å². The molecule has 0 bridgehead atoms. The van der Waals surface area contributed by atoms with Crippen molar-refractivity contribution < 1.29 is 14.2 Å². The normalized spacial score (nSPS) is 20.3. The van der Waals surface area contributed by atoms with Crippen LogP contribution in [-0.4, -0.2) is 26.1 Å². The summed E-state index contributed by atoms with van der Waals surface area (Å²) in [6, 6.07) is 8.21. The van der Waals surface area contributed by atoms with Gasteiger partial charge in [0.2, 0.25) is 0 Å². The molecule has 1 aliphatic rings. The molecule has 0 amide bonds. The van der Waals surface area contributed by atoms with Crippen molar-refractivity contribution in [1.82, 2.24) is 0 Å². The predicted molar refractivity (Wildman–Crippen MR) is 71.1 cm³/mol. The summed E-state index contributed by atoms with van der Waals surface area (Å²) in [6.07, 6.45) is 4.06. The molecule has 1 aromatic rings. The average molecular weight is 248 g/mol. The van der Waals surface area contributed by atoms with E-state index in [9.17, 15) is 0 Å². The predicted octanol–water partition coefficient (Wildman–Crippen LogP) is 3.00.